The van der Waals surface area contributed by atoms with Crippen LogP contribution in [-0.4, -0.2) is 53.2 Å². The molecular formula is C15H22O5S. The predicted molar refractivity (Wildman–Crippen MR) is 81.9 cm³/mol. The fourth-order valence-electron chi connectivity index (χ4n) is 1.81. The lowest BCUT2D eigenvalue weighted by atomic mass is 10.1. The van der Waals surface area contributed by atoms with Crippen LogP contribution in [-0.2, 0) is 31.5 Å². The van der Waals surface area contributed by atoms with Crippen LogP contribution in [0.5, 0.6) is 0 Å². The summed E-state index contributed by atoms with van der Waals surface area (Å²) in [6.45, 7) is 1.45. The molecule has 1 rings (SSSR count). The minimum atomic E-state index is -1.45. The Hall–Kier alpha value is -1.24. The van der Waals surface area contributed by atoms with Gasteiger partial charge in [-0.25, -0.2) is 0 Å². The average Bonchev–Trinajstić information content (AvgIpc) is 2.49. The molecule has 2 atom stereocenters. The van der Waals surface area contributed by atoms with Gasteiger partial charge in [-0.15, -0.1) is 0 Å². The van der Waals surface area contributed by atoms with Crippen LogP contribution in [0.2, 0.25) is 0 Å². The molecule has 0 aliphatic rings. The van der Waals surface area contributed by atoms with E-state index in [0.29, 0.717) is 19.8 Å². The lowest BCUT2D eigenvalue weighted by molar-refractivity contribution is -0.136. The molecule has 0 saturated heterocycles. The zero-order valence-electron chi connectivity index (χ0n) is 12.2. The minimum Gasteiger partial charge on any atom is -0.480 e. The molecule has 0 bridgehead atoms. The number of hydrogen-bond acceptors (Lipinski definition) is 4. The molecule has 0 fully saturated rings. The van der Waals surface area contributed by atoms with E-state index in [9.17, 15) is 14.1 Å². The minimum absolute atomic E-state index is 0.233. The maximum absolute atomic E-state index is 12.1. The van der Waals surface area contributed by atoms with Crippen molar-refractivity contribution in [3.05, 3.63) is 35.9 Å². The van der Waals surface area contributed by atoms with E-state index in [1.807, 2.05) is 30.3 Å². The maximum atomic E-state index is 12.1. The number of ether oxygens (including phenoxy) is 2. The van der Waals surface area contributed by atoms with E-state index in [0.717, 1.165) is 12.0 Å². The van der Waals surface area contributed by atoms with Crippen LogP contribution >= 0.6 is 0 Å². The van der Waals surface area contributed by atoms with Crippen LogP contribution in [0.25, 0.3) is 0 Å². The smallest absolute Gasteiger partial charge is 0.319 e. The second kappa shape index (κ2) is 10.5. The first-order valence-corrected chi connectivity index (χ1v) is 8.24. The molecule has 0 aliphatic carbocycles. The molecule has 21 heavy (non-hydrogen) atoms. The third-order valence-corrected chi connectivity index (χ3v) is 4.49. The molecule has 1 N–H and O–H groups in total. The van der Waals surface area contributed by atoms with Gasteiger partial charge in [0.25, 0.3) is 0 Å². The van der Waals surface area contributed by atoms with Crippen molar-refractivity contribution in [2.45, 2.75) is 18.1 Å². The van der Waals surface area contributed by atoms with Gasteiger partial charge in [-0.05, 0) is 18.4 Å². The summed E-state index contributed by atoms with van der Waals surface area (Å²) >= 11 is 0. The Balaban J connectivity index is 2.38. The zero-order valence-corrected chi connectivity index (χ0v) is 13.0. The summed E-state index contributed by atoms with van der Waals surface area (Å²) in [5, 5.41) is 8.33. The van der Waals surface area contributed by atoms with Gasteiger partial charge in [0.2, 0.25) is 0 Å². The normalized spacial score (nSPS) is 13.8. The number of carboxylic acid groups (broad SMARTS) is 1. The van der Waals surface area contributed by atoms with Crippen molar-refractivity contribution in [1.82, 2.24) is 0 Å². The topological polar surface area (TPSA) is 72.8 Å². The van der Waals surface area contributed by atoms with Gasteiger partial charge in [0.05, 0.1) is 6.61 Å². The molecule has 118 valence electrons. The van der Waals surface area contributed by atoms with Crippen molar-refractivity contribution in [2.75, 3.05) is 32.7 Å². The summed E-state index contributed by atoms with van der Waals surface area (Å²) in [7, 11) is 0.170. The standard InChI is InChI=1S/C15H22O5S/c1-19-8-5-9-20-10-11-21(18)14(15(16)17)12-13-6-3-2-4-7-13/h2-4,6-7,14H,5,8-12H2,1H3,(H,16,17). The Morgan fingerprint density at radius 2 is 1.95 bits per heavy atom. The maximum Gasteiger partial charge on any atom is 0.319 e. The summed E-state index contributed by atoms with van der Waals surface area (Å²) in [6, 6.07) is 9.24. The Morgan fingerprint density at radius 1 is 1.24 bits per heavy atom. The third kappa shape index (κ3) is 7.36. The first-order valence-electron chi connectivity index (χ1n) is 6.85. The van der Waals surface area contributed by atoms with E-state index in [1.54, 1.807) is 7.11 Å². The van der Waals surface area contributed by atoms with Crippen molar-refractivity contribution in [3.63, 3.8) is 0 Å². The van der Waals surface area contributed by atoms with Gasteiger partial charge in [0, 0.05) is 36.9 Å². The Kier molecular flexibility index (Phi) is 8.89. The lowest BCUT2D eigenvalue weighted by Crippen LogP contribution is -2.30. The summed E-state index contributed by atoms with van der Waals surface area (Å²) < 4.78 is 22.3. The first-order chi connectivity index (χ1) is 10.1. The second-order valence-corrected chi connectivity index (χ2v) is 6.30. The molecule has 1 aromatic rings. The van der Waals surface area contributed by atoms with Crippen LogP contribution in [0.4, 0.5) is 0 Å². The molecular weight excluding hydrogens is 292 g/mol. The fourth-order valence-corrected chi connectivity index (χ4v) is 2.98. The second-order valence-electron chi connectivity index (χ2n) is 4.56. The molecule has 2 unspecified atom stereocenters. The predicted octanol–water partition coefficient (Wildman–Crippen LogP) is 1.48. The van der Waals surface area contributed by atoms with E-state index in [2.05, 4.69) is 0 Å². The van der Waals surface area contributed by atoms with Gasteiger partial charge in [-0.2, -0.15) is 0 Å². The molecule has 6 heteroatoms. The van der Waals surface area contributed by atoms with Crippen LogP contribution in [0.15, 0.2) is 30.3 Å². The zero-order chi connectivity index (χ0) is 15.5. The highest BCUT2D eigenvalue weighted by atomic mass is 32.2. The summed E-state index contributed by atoms with van der Waals surface area (Å²) in [5.41, 5.74) is 0.874. The Labute approximate surface area is 127 Å². The number of rotatable bonds is 11. The van der Waals surface area contributed by atoms with E-state index >= 15 is 0 Å². The van der Waals surface area contributed by atoms with E-state index in [4.69, 9.17) is 9.47 Å². The number of methoxy groups -OCH3 is 1. The first kappa shape index (κ1) is 17.8. The van der Waals surface area contributed by atoms with Gasteiger partial charge in [-0.3, -0.25) is 9.00 Å². The van der Waals surface area contributed by atoms with Crippen molar-refractivity contribution in [1.29, 1.82) is 0 Å². The van der Waals surface area contributed by atoms with Crippen molar-refractivity contribution in [3.8, 4) is 0 Å². The highest BCUT2D eigenvalue weighted by Gasteiger charge is 2.24. The molecule has 5 nitrogen and oxygen atoms in total. The fraction of sp³-hybridized carbons (Fsp3) is 0.533. The van der Waals surface area contributed by atoms with Gasteiger partial charge in [0.1, 0.15) is 5.25 Å². The monoisotopic (exact) mass is 314 g/mol. The highest BCUT2D eigenvalue weighted by Crippen LogP contribution is 2.09. The third-order valence-electron chi connectivity index (χ3n) is 2.92. The van der Waals surface area contributed by atoms with Gasteiger partial charge in [-0.1, -0.05) is 30.3 Å². The van der Waals surface area contributed by atoms with E-state index < -0.39 is 22.0 Å². The van der Waals surface area contributed by atoms with Crippen LogP contribution in [0.3, 0.4) is 0 Å². The molecule has 0 aromatic heterocycles. The molecule has 0 amide bonds. The number of carbonyl (C=O) groups is 1. The van der Waals surface area contributed by atoms with Gasteiger partial charge >= 0.3 is 5.97 Å². The molecule has 0 saturated carbocycles. The largest absolute Gasteiger partial charge is 0.480 e. The number of hydrogen-bond donors (Lipinski definition) is 1. The van der Waals surface area contributed by atoms with E-state index in [1.165, 1.54) is 0 Å². The van der Waals surface area contributed by atoms with Crippen LogP contribution in [0, 0.1) is 0 Å². The van der Waals surface area contributed by atoms with E-state index in [-0.39, 0.29) is 12.2 Å². The Bertz CT molecular complexity index is 435. The molecule has 0 aliphatic heterocycles. The van der Waals surface area contributed by atoms with Crippen molar-refractivity contribution < 1.29 is 23.6 Å². The number of carboxylic acids is 1. The van der Waals surface area contributed by atoms with Crippen LogP contribution < -0.4 is 0 Å². The van der Waals surface area contributed by atoms with Crippen LogP contribution in [0.1, 0.15) is 12.0 Å². The molecule has 0 radical (unpaired) electrons. The summed E-state index contributed by atoms with van der Waals surface area (Å²) in [6.07, 6.45) is 1.04. The number of aliphatic carboxylic acids is 1. The summed E-state index contributed by atoms with van der Waals surface area (Å²) in [5.74, 6) is -0.798. The molecule has 0 spiro atoms. The van der Waals surface area contributed by atoms with Crippen molar-refractivity contribution >= 4 is 16.8 Å². The average molecular weight is 314 g/mol. The molecule has 0 heterocycles. The lowest BCUT2D eigenvalue weighted by Gasteiger charge is -2.12. The summed E-state index contributed by atoms with van der Waals surface area (Å²) in [4.78, 5) is 11.3. The SMILES string of the molecule is COCCCOCCS(=O)C(Cc1ccccc1)C(=O)O. The highest BCUT2D eigenvalue weighted by molar-refractivity contribution is 7.86. The van der Waals surface area contributed by atoms with Gasteiger partial charge < -0.3 is 14.6 Å². The quantitative estimate of drug-likeness (QED) is 0.626. The van der Waals surface area contributed by atoms with Gasteiger partial charge in [0.15, 0.2) is 0 Å². The molecule has 1 aromatic carbocycles. The number of benzene rings is 1. The Morgan fingerprint density at radius 3 is 2.57 bits per heavy atom. The van der Waals surface area contributed by atoms with Crippen molar-refractivity contribution in [2.24, 2.45) is 0 Å².